The second-order valence-corrected chi connectivity index (χ2v) is 6.51. The zero-order valence-electron chi connectivity index (χ0n) is 12.0. The topological polar surface area (TPSA) is 69.7 Å². The van der Waals surface area contributed by atoms with Crippen LogP contribution in [0.15, 0.2) is 29.2 Å². The minimum Gasteiger partial charge on any atom is -0.497 e. The zero-order chi connectivity index (χ0) is 15.2. The van der Waals surface area contributed by atoms with Gasteiger partial charge >= 0.3 is 5.97 Å². The first-order chi connectivity index (χ1) is 9.47. The smallest absolute Gasteiger partial charge is 0.324 e. The Morgan fingerprint density at radius 3 is 2.55 bits per heavy atom. The van der Waals surface area contributed by atoms with E-state index >= 15 is 0 Å². The van der Waals surface area contributed by atoms with Crippen LogP contribution in [0, 0.1) is 0 Å². The molecule has 20 heavy (non-hydrogen) atoms. The minimum absolute atomic E-state index is 0.0725. The lowest BCUT2D eigenvalue weighted by molar-refractivity contribution is -0.140. The van der Waals surface area contributed by atoms with E-state index in [1.165, 1.54) is 26.4 Å². The molecule has 0 spiro atoms. The van der Waals surface area contributed by atoms with Crippen LogP contribution in [0.25, 0.3) is 0 Å². The Kier molecular flexibility index (Phi) is 6.01. The fourth-order valence-corrected chi connectivity index (χ4v) is 3.57. The summed E-state index contributed by atoms with van der Waals surface area (Å²) < 4.78 is 34.7. The molecule has 0 saturated heterocycles. The highest BCUT2D eigenvalue weighted by molar-refractivity contribution is 7.92. The summed E-state index contributed by atoms with van der Waals surface area (Å²) in [6, 6.07) is 6.11. The molecule has 0 aliphatic heterocycles. The number of rotatable bonds is 7. The standard InChI is InChI=1S/C14H20O5S/c1-4-5-9-13(14(15)19-3)20(16,17)12-8-6-7-11(10-12)18-2/h6-8,10,13H,4-5,9H2,1-3H3. The Morgan fingerprint density at radius 2 is 2.00 bits per heavy atom. The van der Waals surface area contributed by atoms with E-state index in [4.69, 9.17) is 4.74 Å². The van der Waals surface area contributed by atoms with E-state index in [9.17, 15) is 13.2 Å². The van der Waals surface area contributed by atoms with E-state index in [0.717, 1.165) is 6.42 Å². The molecule has 0 fully saturated rings. The van der Waals surface area contributed by atoms with Crippen molar-refractivity contribution in [3.05, 3.63) is 24.3 Å². The average Bonchev–Trinajstić information content (AvgIpc) is 2.47. The molecule has 1 aromatic carbocycles. The maximum absolute atomic E-state index is 12.6. The lowest BCUT2D eigenvalue weighted by atomic mass is 10.2. The van der Waals surface area contributed by atoms with Crippen molar-refractivity contribution < 1.29 is 22.7 Å². The van der Waals surface area contributed by atoms with E-state index in [2.05, 4.69) is 4.74 Å². The molecule has 1 aromatic rings. The molecule has 0 radical (unpaired) electrons. The number of methoxy groups -OCH3 is 2. The number of hydrogen-bond acceptors (Lipinski definition) is 5. The summed E-state index contributed by atoms with van der Waals surface area (Å²) in [5.74, 6) is -0.286. The lowest BCUT2D eigenvalue weighted by Crippen LogP contribution is -2.31. The predicted molar refractivity (Wildman–Crippen MR) is 75.5 cm³/mol. The van der Waals surface area contributed by atoms with Crippen molar-refractivity contribution in [3.63, 3.8) is 0 Å². The van der Waals surface area contributed by atoms with Crippen LogP contribution in [-0.4, -0.2) is 33.9 Å². The van der Waals surface area contributed by atoms with E-state index in [1.54, 1.807) is 12.1 Å². The summed E-state index contributed by atoms with van der Waals surface area (Å²) in [7, 11) is -1.12. The number of carbonyl (C=O) groups is 1. The summed E-state index contributed by atoms with van der Waals surface area (Å²) in [6.45, 7) is 1.94. The van der Waals surface area contributed by atoms with E-state index in [-0.39, 0.29) is 11.3 Å². The number of benzene rings is 1. The van der Waals surface area contributed by atoms with Gasteiger partial charge in [-0.15, -0.1) is 0 Å². The first kappa shape index (κ1) is 16.5. The van der Waals surface area contributed by atoms with Crippen LogP contribution in [0.5, 0.6) is 5.75 Å². The fraction of sp³-hybridized carbons (Fsp3) is 0.500. The Morgan fingerprint density at radius 1 is 1.30 bits per heavy atom. The fourth-order valence-electron chi connectivity index (χ4n) is 1.86. The average molecular weight is 300 g/mol. The van der Waals surface area contributed by atoms with Gasteiger partial charge in [-0.05, 0) is 24.6 Å². The molecule has 0 aliphatic carbocycles. The van der Waals surface area contributed by atoms with Crippen molar-refractivity contribution in [1.29, 1.82) is 0 Å². The molecule has 1 rings (SSSR count). The monoisotopic (exact) mass is 300 g/mol. The molecule has 1 atom stereocenters. The van der Waals surface area contributed by atoms with Crippen LogP contribution in [0.1, 0.15) is 26.2 Å². The van der Waals surface area contributed by atoms with Crippen LogP contribution < -0.4 is 4.74 Å². The third-order valence-electron chi connectivity index (χ3n) is 3.03. The van der Waals surface area contributed by atoms with Crippen molar-refractivity contribution in [2.75, 3.05) is 14.2 Å². The molecule has 0 bridgehead atoms. The molecule has 0 amide bonds. The van der Waals surface area contributed by atoms with Gasteiger partial charge in [0.15, 0.2) is 15.1 Å². The van der Waals surface area contributed by atoms with Crippen LogP contribution in [0.2, 0.25) is 0 Å². The van der Waals surface area contributed by atoms with Gasteiger partial charge in [-0.3, -0.25) is 4.79 Å². The molecular weight excluding hydrogens is 280 g/mol. The van der Waals surface area contributed by atoms with Crippen molar-refractivity contribution in [1.82, 2.24) is 0 Å². The highest BCUT2D eigenvalue weighted by Gasteiger charge is 2.34. The normalized spacial score (nSPS) is 12.8. The second kappa shape index (κ2) is 7.28. The van der Waals surface area contributed by atoms with Gasteiger partial charge in [0.05, 0.1) is 19.1 Å². The summed E-state index contributed by atoms with van der Waals surface area (Å²) in [5, 5.41) is -1.17. The Hall–Kier alpha value is -1.56. The summed E-state index contributed by atoms with van der Waals surface area (Å²) >= 11 is 0. The Labute approximate surface area is 119 Å². The van der Waals surface area contributed by atoms with Gasteiger partial charge in [-0.25, -0.2) is 8.42 Å². The van der Waals surface area contributed by atoms with Gasteiger partial charge in [0, 0.05) is 0 Å². The maximum Gasteiger partial charge on any atom is 0.324 e. The number of hydrogen-bond donors (Lipinski definition) is 0. The molecule has 112 valence electrons. The maximum atomic E-state index is 12.6. The first-order valence-corrected chi connectivity index (χ1v) is 7.97. The summed E-state index contributed by atoms with van der Waals surface area (Å²) in [4.78, 5) is 11.8. The third kappa shape index (κ3) is 3.72. The van der Waals surface area contributed by atoms with Crippen LogP contribution in [-0.2, 0) is 19.4 Å². The Bertz CT molecular complexity index is 550. The number of esters is 1. The Balaban J connectivity index is 3.17. The lowest BCUT2D eigenvalue weighted by Gasteiger charge is -2.15. The molecular formula is C14H20O5S. The van der Waals surface area contributed by atoms with Crippen molar-refractivity contribution in [3.8, 4) is 5.75 Å². The van der Waals surface area contributed by atoms with Crippen molar-refractivity contribution in [2.24, 2.45) is 0 Å². The highest BCUT2D eigenvalue weighted by Crippen LogP contribution is 2.24. The van der Waals surface area contributed by atoms with Crippen LogP contribution in [0.3, 0.4) is 0 Å². The predicted octanol–water partition coefficient (Wildman–Crippen LogP) is 2.20. The van der Waals surface area contributed by atoms with Gasteiger partial charge < -0.3 is 9.47 Å². The molecule has 0 aromatic heterocycles. The van der Waals surface area contributed by atoms with Crippen molar-refractivity contribution in [2.45, 2.75) is 36.3 Å². The van der Waals surface area contributed by atoms with E-state index in [1.807, 2.05) is 6.92 Å². The zero-order valence-corrected chi connectivity index (χ0v) is 12.8. The van der Waals surface area contributed by atoms with Crippen LogP contribution in [0.4, 0.5) is 0 Å². The summed E-state index contributed by atoms with van der Waals surface area (Å²) in [5.41, 5.74) is 0. The van der Waals surface area contributed by atoms with Gasteiger partial charge in [0.2, 0.25) is 0 Å². The highest BCUT2D eigenvalue weighted by atomic mass is 32.2. The SMILES string of the molecule is CCCCC(C(=O)OC)S(=O)(=O)c1cccc(OC)c1. The molecule has 0 aliphatic rings. The van der Waals surface area contributed by atoms with Gasteiger partial charge in [0.25, 0.3) is 0 Å². The third-order valence-corrected chi connectivity index (χ3v) is 5.12. The molecule has 0 N–H and O–H groups in total. The first-order valence-electron chi connectivity index (χ1n) is 6.43. The molecule has 5 nitrogen and oxygen atoms in total. The molecule has 0 saturated carbocycles. The van der Waals surface area contributed by atoms with Gasteiger partial charge in [-0.1, -0.05) is 25.8 Å². The number of ether oxygens (including phenoxy) is 2. The van der Waals surface area contributed by atoms with Gasteiger partial charge in [-0.2, -0.15) is 0 Å². The second-order valence-electron chi connectivity index (χ2n) is 4.38. The van der Waals surface area contributed by atoms with Crippen molar-refractivity contribution >= 4 is 15.8 Å². The minimum atomic E-state index is -3.77. The number of carbonyl (C=O) groups excluding carboxylic acids is 1. The van der Waals surface area contributed by atoms with E-state index < -0.39 is 21.1 Å². The number of unbranched alkanes of at least 4 members (excludes halogenated alkanes) is 1. The van der Waals surface area contributed by atoms with Gasteiger partial charge in [0.1, 0.15) is 5.75 Å². The number of sulfone groups is 1. The largest absolute Gasteiger partial charge is 0.497 e. The quantitative estimate of drug-likeness (QED) is 0.722. The molecule has 0 heterocycles. The van der Waals surface area contributed by atoms with E-state index in [0.29, 0.717) is 12.2 Å². The molecule has 6 heteroatoms. The molecule has 1 unspecified atom stereocenters. The summed E-state index contributed by atoms with van der Waals surface area (Å²) in [6.07, 6.45) is 1.70. The van der Waals surface area contributed by atoms with Crippen LogP contribution >= 0.6 is 0 Å².